The molecule has 0 saturated heterocycles. The molecule has 0 heterocycles. The summed E-state index contributed by atoms with van der Waals surface area (Å²) in [6.45, 7) is 1.85. The molecule has 0 bridgehead atoms. The van der Waals surface area contributed by atoms with Crippen LogP contribution in [0, 0.1) is 0 Å². The molecular weight excluding hydrogens is 166 g/mol. The van der Waals surface area contributed by atoms with Crippen LogP contribution in [0.2, 0.25) is 0 Å². The largest absolute Gasteiger partial charge is 0.425 e. The van der Waals surface area contributed by atoms with E-state index in [4.69, 9.17) is 5.73 Å². The van der Waals surface area contributed by atoms with Gasteiger partial charge in [0.2, 0.25) is 4.93 Å². The highest BCUT2D eigenvalue weighted by Crippen LogP contribution is 2.19. The van der Waals surface area contributed by atoms with Gasteiger partial charge in [-0.15, -0.1) is 12.6 Å². The second-order valence-corrected chi connectivity index (χ2v) is 2.89. The topological polar surface area (TPSA) is 69.4 Å². The number of primary amides is 1. The van der Waals surface area contributed by atoms with E-state index in [1.807, 2.05) is 6.92 Å². The Kier molecular flexibility index (Phi) is 3.95. The average Bonchev–Trinajstić information content (AvgIpc) is 1.87. The molecule has 0 aliphatic carbocycles. The fourth-order valence-corrected chi connectivity index (χ4v) is 0.980. The molecule has 5 heteroatoms. The van der Waals surface area contributed by atoms with Crippen molar-refractivity contribution in [1.29, 1.82) is 0 Å². The molecule has 0 aromatic heterocycles. The van der Waals surface area contributed by atoms with Crippen LogP contribution in [0.4, 0.5) is 4.79 Å². The van der Waals surface area contributed by atoms with E-state index in [1.165, 1.54) is 0 Å². The maximum Gasteiger partial charge on any atom is 0.406 e. The summed E-state index contributed by atoms with van der Waals surface area (Å²) < 4.78 is 4.46. The Balaban J connectivity index is 4.09. The molecular formula is C6H11NO3S. The normalized spacial score (nSPS) is 15.1. The lowest BCUT2D eigenvalue weighted by Crippen LogP contribution is -2.33. The molecule has 1 unspecified atom stereocenters. The summed E-state index contributed by atoms with van der Waals surface area (Å²) >= 11 is 3.85. The molecule has 64 valence electrons. The van der Waals surface area contributed by atoms with Crippen LogP contribution in [0.5, 0.6) is 0 Å². The van der Waals surface area contributed by atoms with Crippen LogP contribution < -0.4 is 5.73 Å². The number of aldehydes is 1. The van der Waals surface area contributed by atoms with Crippen molar-refractivity contribution in [2.45, 2.75) is 24.7 Å². The van der Waals surface area contributed by atoms with Gasteiger partial charge >= 0.3 is 6.09 Å². The van der Waals surface area contributed by atoms with Crippen LogP contribution in [-0.2, 0) is 9.53 Å². The van der Waals surface area contributed by atoms with Crippen LogP contribution >= 0.6 is 12.6 Å². The Morgan fingerprint density at radius 3 is 2.64 bits per heavy atom. The van der Waals surface area contributed by atoms with Crippen LogP contribution in [0.25, 0.3) is 0 Å². The van der Waals surface area contributed by atoms with Crippen molar-refractivity contribution >= 4 is 25.0 Å². The van der Waals surface area contributed by atoms with E-state index in [2.05, 4.69) is 17.4 Å². The highest BCUT2D eigenvalue weighted by atomic mass is 32.1. The number of thiol groups is 1. The van der Waals surface area contributed by atoms with E-state index >= 15 is 0 Å². The highest BCUT2D eigenvalue weighted by Gasteiger charge is 2.27. The summed E-state index contributed by atoms with van der Waals surface area (Å²) in [7, 11) is 0. The third kappa shape index (κ3) is 3.87. The summed E-state index contributed by atoms with van der Waals surface area (Å²) in [5, 5.41) is 0. The van der Waals surface area contributed by atoms with Crippen molar-refractivity contribution < 1.29 is 14.3 Å². The van der Waals surface area contributed by atoms with E-state index in [0.29, 0.717) is 19.1 Å². The van der Waals surface area contributed by atoms with Crippen molar-refractivity contribution in [1.82, 2.24) is 0 Å². The molecule has 0 rings (SSSR count). The monoisotopic (exact) mass is 177 g/mol. The standard InChI is InChI=1S/C6H11NO3S/c1-2-3-6(11,4-8)10-5(7)9/h4,11H,2-3H2,1H3,(H2,7,9). The van der Waals surface area contributed by atoms with Gasteiger partial charge in [-0.1, -0.05) is 13.3 Å². The Morgan fingerprint density at radius 1 is 1.82 bits per heavy atom. The molecule has 2 N–H and O–H groups in total. The number of rotatable bonds is 4. The van der Waals surface area contributed by atoms with Gasteiger partial charge in [-0.25, -0.2) is 4.79 Å². The molecule has 0 aromatic rings. The summed E-state index contributed by atoms with van der Waals surface area (Å²) in [5.74, 6) is 0. The van der Waals surface area contributed by atoms with Gasteiger partial charge in [0.25, 0.3) is 0 Å². The lowest BCUT2D eigenvalue weighted by molar-refractivity contribution is -0.117. The minimum absolute atomic E-state index is 0.364. The molecule has 0 aromatic carbocycles. The van der Waals surface area contributed by atoms with Crippen LogP contribution in [0.1, 0.15) is 19.8 Å². The Bertz CT molecular complexity index is 162. The lowest BCUT2D eigenvalue weighted by atomic mass is 10.2. The minimum Gasteiger partial charge on any atom is -0.425 e. The third-order valence-electron chi connectivity index (χ3n) is 1.07. The zero-order chi connectivity index (χ0) is 8.91. The van der Waals surface area contributed by atoms with Gasteiger partial charge in [0, 0.05) is 6.42 Å². The molecule has 4 nitrogen and oxygen atoms in total. The van der Waals surface area contributed by atoms with Crippen molar-refractivity contribution in [3.8, 4) is 0 Å². The fourth-order valence-electron chi connectivity index (χ4n) is 0.666. The SMILES string of the molecule is CCCC(S)(C=O)OC(N)=O. The van der Waals surface area contributed by atoms with E-state index in [9.17, 15) is 9.59 Å². The van der Waals surface area contributed by atoms with Crippen molar-refractivity contribution in [2.24, 2.45) is 5.73 Å². The molecule has 1 atom stereocenters. The van der Waals surface area contributed by atoms with Crippen LogP contribution in [0.15, 0.2) is 0 Å². The first-order valence-electron chi connectivity index (χ1n) is 3.21. The molecule has 0 aliphatic heterocycles. The van der Waals surface area contributed by atoms with E-state index < -0.39 is 11.0 Å². The second kappa shape index (κ2) is 4.23. The molecule has 0 saturated carbocycles. The molecule has 0 radical (unpaired) electrons. The number of carbonyl (C=O) groups is 2. The Labute approximate surface area is 70.5 Å². The number of hydrogen-bond donors (Lipinski definition) is 2. The fraction of sp³-hybridized carbons (Fsp3) is 0.667. The summed E-state index contributed by atoms with van der Waals surface area (Å²) in [6, 6.07) is 0. The molecule has 0 spiro atoms. The van der Waals surface area contributed by atoms with Crippen LogP contribution in [-0.4, -0.2) is 17.3 Å². The van der Waals surface area contributed by atoms with Crippen molar-refractivity contribution in [3.63, 3.8) is 0 Å². The van der Waals surface area contributed by atoms with Gasteiger partial charge in [-0.3, -0.25) is 4.79 Å². The number of nitrogens with two attached hydrogens (primary N) is 1. The summed E-state index contributed by atoms with van der Waals surface area (Å²) in [6.07, 6.45) is 0.531. The van der Waals surface area contributed by atoms with Crippen molar-refractivity contribution in [2.75, 3.05) is 0 Å². The lowest BCUT2D eigenvalue weighted by Gasteiger charge is -2.19. The molecule has 11 heavy (non-hydrogen) atoms. The van der Waals surface area contributed by atoms with Gasteiger partial charge in [-0.05, 0) is 0 Å². The zero-order valence-corrected chi connectivity index (χ0v) is 7.14. The number of ether oxygens (including phenoxy) is 1. The predicted molar refractivity (Wildman–Crippen MR) is 43.4 cm³/mol. The average molecular weight is 177 g/mol. The highest BCUT2D eigenvalue weighted by molar-refractivity contribution is 7.82. The molecule has 0 aliphatic rings. The quantitative estimate of drug-likeness (QED) is 0.377. The Hall–Kier alpha value is -0.710. The van der Waals surface area contributed by atoms with Gasteiger partial charge in [0.05, 0.1) is 0 Å². The van der Waals surface area contributed by atoms with Gasteiger partial charge in [0.15, 0.2) is 6.29 Å². The summed E-state index contributed by atoms with van der Waals surface area (Å²) in [5.41, 5.74) is 4.72. The van der Waals surface area contributed by atoms with Gasteiger partial charge in [0.1, 0.15) is 0 Å². The molecule has 0 fully saturated rings. The number of carbonyl (C=O) groups excluding carboxylic acids is 2. The summed E-state index contributed by atoms with van der Waals surface area (Å²) in [4.78, 5) is 19.2. The van der Waals surface area contributed by atoms with Crippen LogP contribution in [0.3, 0.4) is 0 Å². The van der Waals surface area contributed by atoms with Gasteiger partial charge in [-0.2, -0.15) is 0 Å². The first kappa shape index (κ1) is 10.3. The maximum absolute atomic E-state index is 10.3. The first-order valence-corrected chi connectivity index (χ1v) is 3.66. The molecule has 1 amide bonds. The third-order valence-corrected chi connectivity index (χ3v) is 1.49. The first-order chi connectivity index (χ1) is 5.04. The smallest absolute Gasteiger partial charge is 0.406 e. The van der Waals surface area contributed by atoms with Crippen molar-refractivity contribution in [3.05, 3.63) is 0 Å². The van der Waals surface area contributed by atoms with E-state index in [-0.39, 0.29) is 0 Å². The zero-order valence-electron chi connectivity index (χ0n) is 6.24. The van der Waals surface area contributed by atoms with E-state index in [1.54, 1.807) is 0 Å². The minimum atomic E-state index is -1.35. The van der Waals surface area contributed by atoms with Gasteiger partial charge < -0.3 is 10.5 Å². The maximum atomic E-state index is 10.3. The second-order valence-electron chi connectivity index (χ2n) is 2.13. The Morgan fingerprint density at radius 2 is 2.36 bits per heavy atom. The van der Waals surface area contributed by atoms with E-state index in [0.717, 1.165) is 0 Å². The number of amides is 1. The predicted octanol–water partition coefficient (Wildman–Crippen LogP) is 0.707. The number of hydrogen-bond acceptors (Lipinski definition) is 4.